The molecule has 0 radical (unpaired) electrons. The van der Waals surface area contributed by atoms with Gasteiger partial charge in [0.15, 0.2) is 0 Å². The number of carbonyl (C=O) groups is 2. The van der Waals surface area contributed by atoms with Crippen LogP contribution in [-0.2, 0) is 11.2 Å². The summed E-state index contributed by atoms with van der Waals surface area (Å²) in [7, 11) is 0. The summed E-state index contributed by atoms with van der Waals surface area (Å²) >= 11 is 0. The lowest BCUT2D eigenvalue weighted by molar-refractivity contribution is -0.117. The van der Waals surface area contributed by atoms with Crippen LogP contribution in [0, 0.1) is 5.82 Å². The molecule has 5 nitrogen and oxygen atoms in total. The molecule has 2 aromatic rings. The number of carbonyl (C=O) groups excluding carboxylic acids is 2. The molecule has 6 heteroatoms. The largest absolute Gasteiger partial charge is 0.323 e. The van der Waals surface area contributed by atoms with Crippen LogP contribution in [0.25, 0.3) is 0 Å². The first kappa shape index (κ1) is 15.0. The summed E-state index contributed by atoms with van der Waals surface area (Å²) in [4.78, 5) is 25.5. The van der Waals surface area contributed by atoms with Crippen LogP contribution in [0.1, 0.15) is 12.5 Å². The number of hydrogen-bond acceptors (Lipinski definition) is 2. The highest BCUT2D eigenvalue weighted by Crippen LogP contribution is 2.31. The summed E-state index contributed by atoms with van der Waals surface area (Å²) < 4.78 is 12.8. The van der Waals surface area contributed by atoms with Gasteiger partial charge in [0.25, 0.3) is 0 Å². The standard InChI is InChI=1S/C17H16FN3O2/c1-2-21-15-8-7-14(9-11(15)10-16(21)22)20-17(23)19-13-5-3-12(18)4-6-13/h3-9H,2,10H2,1H3,(H2,19,20,23). The van der Waals surface area contributed by atoms with E-state index in [-0.39, 0.29) is 11.7 Å². The molecule has 0 atom stereocenters. The zero-order valence-corrected chi connectivity index (χ0v) is 12.6. The number of fused-ring (bicyclic) bond motifs is 1. The molecule has 0 fully saturated rings. The van der Waals surface area contributed by atoms with Gasteiger partial charge in [-0.1, -0.05) is 0 Å². The van der Waals surface area contributed by atoms with Crippen molar-refractivity contribution in [3.05, 3.63) is 53.8 Å². The quantitative estimate of drug-likeness (QED) is 0.912. The number of halogens is 1. The molecule has 3 rings (SSSR count). The second kappa shape index (κ2) is 6.08. The molecule has 23 heavy (non-hydrogen) atoms. The van der Waals surface area contributed by atoms with Crippen molar-refractivity contribution in [3.8, 4) is 0 Å². The highest BCUT2D eigenvalue weighted by Gasteiger charge is 2.25. The number of amides is 3. The van der Waals surface area contributed by atoms with E-state index in [4.69, 9.17) is 0 Å². The zero-order valence-electron chi connectivity index (χ0n) is 12.6. The number of urea groups is 1. The van der Waals surface area contributed by atoms with Crippen LogP contribution in [0.5, 0.6) is 0 Å². The number of hydrogen-bond donors (Lipinski definition) is 2. The van der Waals surface area contributed by atoms with Crippen LogP contribution in [0.4, 0.5) is 26.2 Å². The second-order valence-corrected chi connectivity index (χ2v) is 5.24. The van der Waals surface area contributed by atoms with Gasteiger partial charge in [-0.25, -0.2) is 9.18 Å². The number of anilines is 3. The summed E-state index contributed by atoms with van der Waals surface area (Å²) in [6, 6.07) is 10.5. The molecule has 2 aromatic carbocycles. The van der Waals surface area contributed by atoms with Crippen molar-refractivity contribution in [1.82, 2.24) is 0 Å². The fraction of sp³-hybridized carbons (Fsp3) is 0.176. The maximum Gasteiger partial charge on any atom is 0.323 e. The van der Waals surface area contributed by atoms with Gasteiger partial charge in [0.1, 0.15) is 5.82 Å². The van der Waals surface area contributed by atoms with Crippen LogP contribution in [0.15, 0.2) is 42.5 Å². The van der Waals surface area contributed by atoms with Crippen molar-refractivity contribution in [2.24, 2.45) is 0 Å². The molecule has 1 aliphatic rings. The van der Waals surface area contributed by atoms with E-state index < -0.39 is 6.03 Å². The number of benzene rings is 2. The molecule has 3 amide bonds. The van der Waals surface area contributed by atoms with E-state index in [9.17, 15) is 14.0 Å². The molecular formula is C17H16FN3O2. The molecule has 0 unspecified atom stereocenters. The summed E-state index contributed by atoms with van der Waals surface area (Å²) in [5.41, 5.74) is 2.89. The van der Waals surface area contributed by atoms with Crippen LogP contribution in [0.2, 0.25) is 0 Å². The van der Waals surface area contributed by atoms with Gasteiger partial charge >= 0.3 is 6.03 Å². The average Bonchev–Trinajstić information content (AvgIpc) is 2.83. The molecule has 0 saturated carbocycles. The van der Waals surface area contributed by atoms with Crippen molar-refractivity contribution >= 4 is 29.0 Å². The average molecular weight is 313 g/mol. The highest BCUT2D eigenvalue weighted by molar-refractivity contribution is 6.03. The molecule has 0 saturated heterocycles. The Hall–Kier alpha value is -2.89. The first-order valence-electron chi connectivity index (χ1n) is 7.33. The van der Waals surface area contributed by atoms with Gasteiger partial charge in [-0.05, 0) is 55.0 Å². The minimum atomic E-state index is -0.423. The fourth-order valence-electron chi connectivity index (χ4n) is 2.63. The predicted molar refractivity (Wildman–Crippen MR) is 87.2 cm³/mol. The summed E-state index contributed by atoms with van der Waals surface area (Å²) in [6.45, 7) is 2.55. The third-order valence-electron chi connectivity index (χ3n) is 3.69. The monoisotopic (exact) mass is 313 g/mol. The van der Waals surface area contributed by atoms with Gasteiger partial charge in [-0.15, -0.1) is 0 Å². The van der Waals surface area contributed by atoms with E-state index in [2.05, 4.69) is 10.6 Å². The van der Waals surface area contributed by atoms with Gasteiger partial charge in [-0.3, -0.25) is 4.79 Å². The van der Waals surface area contributed by atoms with Crippen molar-refractivity contribution in [2.45, 2.75) is 13.3 Å². The Morgan fingerprint density at radius 2 is 1.78 bits per heavy atom. The molecule has 0 aromatic heterocycles. The lowest BCUT2D eigenvalue weighted by atomic mass is 10.1. The van der Waals surface area contributed by atoms with Gasteiger partial charge in [0.2, 0.25) is 5.91 Å². The molecule has 0 aliphatic carbocycles. The van der Waals surface area contributed by atoms with E-state index in [1.807, 2.05) is 13.0 Å². The Balaban J connectivity index is 1.69. The predicted octanol–water partition coefficient (Wildman–Crippen LogP) is 3.38. The SMILES string of the molecule is CCN1C(=O)Cc2cc(NC(=O)Nc3ccc(F)cc3)ccc21. The third kappa shape index (κ3) is 3.15. The highest BCUT2D eigenvalue weighted by atomic mass is 19.1. The Labute approximate surface area is 133 Å². The van der Waals surface area contributed by atoms with Gasteiger partial charge < -0.3 is 15.5 Å². The van der Waals surface area contributed by atoms with Gasteiger partial charge in [0.05, 0.1) is 6.42 Å². The smallest absolute Gasteiger partial charge is 0.312 e. The number of nitrogens with zero attached hydrogens (tertiary/aromatic N) is 1. The van der Waals surface area contributed by atoms with E-state index in [0.29, 0.717) is 24.3 Å². The Morgan fingerprint density at radius 1 is 1.13 bits per heavy atom. The first-order chi connectivity index (χ1) is 11.1. The first-order valence-corrected chi connectivity index (χ1v) is 7.33. The lowest BCUT2D eigenvalue weighted by Gasteiger charge is -2.15. The summed E-state index contributed by atoms with van der Waals surface area (Å²) in [5, 5.41) is 5.33. The van der Waals surface area contributed by atoms with Gasteiger partial charge in [-0.2, -0.15) is 0 Å². The summed E-state index contributed by atoms with van der Waals surface area (Å²) in [5.74, 6) is -0.296. The summed E-state index contributed by atoms with van der Waals surface area (Å²) in [6.07, 6.45) is 0.346. The Bertz CT molecular complexity index is 759. The van der Waals surface area contributed by atoms with Crippen molar-refractivity contribution < 1.29 is 14.0 Å². The maximum atomic E-state index is 12.8. The number of rotatable bonds is 3. The molecule has 0 bridgehead atoms. The lowest BCUT2D eigenvalue weighted by Crippen LogP contribution is -2.25. The fourth-order valence-corrected chi connectivity index (χ4v) is 2.63. The van der Waals surface area contributed by atoms with Crippen molar-refractivity contribution in [2.75, 3.05) is 22.1 Å². The Kier molecular flexibility index (Phi) is 3.97. The van der Waals surface area contributed by atoms with Crippen LogP contribution >= 0.6 is 0 Å². The Morgan fingerprint density at radius 3 is 2.48 bits per heavy atom. The second-order valence-electron chi connectivity index (χ2n) is 5.24. The van der Waals surface area contributed by atoms with Crippen molar-refractivity contribution in [1.29, 1.82) is 0 Å². The molecule has 1 aliphatic heterocycles. The minimum absolute atomic E-state index is 0.0652. The molecule has 0 spiro atoms. The van der Waals surface area contributed by atoms with Crippen LogP contribution < -0.4 is 15.5 Å². The van der Waals surface area contributed by atoms with E-state index in [1.165, 1.54) is 24.3 Å². The van der Waals surface area contributed by atoms with E-state index in [1.54, 1.807) is 17.0 Å². The maximum absolute atomic E-state index is 12.8. The number of nitrogens with one attached hydrogen (secondary N) is 2. The molecule has 118 valence electrons. The van der Waals surface area contributed by atoms with Crippen LogP contribution in [0.3, 0.4) is 0 Å². The third-order valence-corrected chi connectivity index (χ3v) is 3.69. The van der Waals surface area contributed by atoms with E-state index >= 15 is 0 Å². The minimum Gasteiger partial charge on any atom is -0.312 e. The molecule has 1 heterocycles. The topological polar surface area (TPSA) is 61.4 Å². The van der Waals surface area contributed by atoms with Crippen LogP contribution in [-0.4, -0.2) is 18.5 Å². The van der Waals surface area contributed by atoms with Crippen molar-refractivity contribution in [3.63, 3.8) is 0 Å². The van der Waals surface area contributed by atoms with Gasteiger partial charge in [0, 0.05) is 23.6 Å². The number of likely N-dealkylation sites (N-methyl/N-ethyl adjacent to an activating group) is 1. The molecular weight excluding hydrogens is 297 g/mol. The van der Waals surface area contributed by atoms with E-state index in [0.717, 1.165) is 11.3 Å². The normalized spacial score (nSPS) is 13.0. The zero-order chi connectivity index (χ0) is 16.4. The molecule has 2 N–H and O–H groups in total.